The zero-order chi connectivity index (χ0) is 12.1. The number of hydrogen-bond donors (Lipinski definition) is 4. The second kappa shape index (κ2) is 5.13. The van der Waals surface area contributed by atoms with E-state index in [0.29, 0.717) is 11.3 Å². The van der Waals surface area contributed by atoms with Gasteiger partial charge in [0.1, 0.15) is 0 Å². The second-order valence-corrected chi connectivity index (χ2v) is 3.14. The Balaban J connectivity index is 3.27. The highest BCUT2D eigenvalue weighted by Gasteiger charge is 2.09. The van der Waals surface area contributed by atoms with Crippen LogP contribution in [0.3, 0.4) is 0 Å². The monoisotopic (exact) mass is 222 g/mol. The molecule has 0 spiro atoms. The first-order valence-corrected chi connectivity index (χ1v) is 4.65. The van der Waals surface area contributed by atoms with Crippen molar-refractivity contribution in [2.45, 2.75) is 6.92 Å². The number of carboxylic acid groups (broad SMARTS) is 1. The molecule has 0 aliphatic carbocycles. The molecule has 0 atom stereocenters. The Bertz CT molecular complexity index is 429. The fourth-order valence-corrected chi connectivity index (χ4v) is 1.35. The van der Waals surface area contributed by atoms with E-state index in [4.69, 9.17) is 10.9 Å². The molecule has 0 aliphatic heterocycles. The summed E-state index contributed by atoms with van der Waals surface area (Å²) in [5, 5.41) is 15.7. The van der Waals surface area contributed by atoms with Gasteiger partial charge in [-0.1, -0.05) is 0 Å². The van der Waals surface area contributed by atoms with E-state index < -0.39 is 5.97 Å². The van der Waals surface area contributed by atoms with E-state index in [0.717, 1.165) is 5.69 Å². The summed E-state index contributed by atoms with van der Waals surface area (Å²) in [5.41, 5.74) is 4.48. The molecule has 1 rings (SSSR count). The van der Waals surface area contributed by atoms with Crippen molar-refractivity contribution in [3.05, 3.63) is 29.3 Å². The van der Waals surface area contributed by atoms with Gasteiger partial charge in [-0.25, -0.2) is 16.2 Å². The molecule has 0 fully saturated rings. The highest BCUT2D eigenvalue weighted by molar-refractivity contribution is 6.05. The lowest BCUT2D eigenvalue weighted by Crippen LogP contribution is -2.17. The van der Waals surface area contributed by atoms with E-state index in [2.05, 4.69) is 16.0 Å². The Labute approximate surface area is 93.1 Å². The molecule has 0 aromatic heterocycles. The molecule has 1 aromatic rings. The molecule has 0 bridgehead atoms. The van der Waals surface area contributed by atoms with Gasteiger partial charge in [0.25, 0.3) is 0 Å². The largest absolute Gasteiger partial charge is 0.478 e. The van der Waals surface area contributed by atoms with Crippen molar-refractivity contribution in [3.63, 3.8) is 0 Å². The summed E-state index contributed by atoms with van der Waals surface area (Å²) in [6, 6.07) is 4.76. The summed E-state index contributed by atoms with van der Waals surface area (Å²) >= 11 is 0. The molecule has 6 heteroatoms. The number of nitrogens with two attached hydrogens (primary N) is 1. The lowest BCUT2D eigenvalue weighted by Gasteiger charge is -2.09. The molecule has 16 heavy (non-hydrogen) atoms. The van der Waals surface area contributed by atoms with Crippen LogP contribution in [0.2, 0.25) is 0 Å². The minimum atomic E-state index is -0.975. The van der Waals surface area contributed by atoms with Gasteiger partial charge in [-0.15, -0.1) is 0 Å². The number of carbonyl (C=O) groups is 1. The number of anilines is 1. The van der Waals surface area contributed by atoms with Crippen molar-refractivity contribution in [1.29, 1.82) is 0 Å². The van der Waals surface area contributed by atoms with Crippen LogP contribution in [-0.4, -0.2) is 23.8 Å². The maximum Gasteiger partial charge on any atom is 0.335 e. The molecule has 0 saturated heterocycles. The van der Waals surface area contributed by atoms with Gasteiger partial charge in [-0.05, 0) is 25.1 Å². The second-order valence-electron chi connectivity index (χ2n) is 3.14. The smallest absolute Gasteiger partial charge is 0.335 e. The van der Waals surface area contributed by atoms with E-state index >= 15 is 0 Å². The minimum Gasteiger partial charge on any atom is -0.478 e. The van der Waals surface area contributed by atoms with Gasteiger partial charge in [0, 0.05) is 18.3 Å². The quantitative estimate of drug-likeness (QED) is 0.340. The summed E-state index contributed by atoms with van der Waals surface area (Å²) in [5.74, 6) is 4.11. The Morgan fingerprint density at radius 3 is 2.69 bits per heavy atom. The molecule has 6 nitrogen and oxygen atoms in total. The fraction of sp³-hybridized carbons (Fsp3) is 0.200. The zero-order valence-corrected chi connectivity index (χ0v) is 9.11. The number of nitrogens with zero attached hydrogens (tertiary/aromatic N) is 1. The molecule has 0 saturated carbocycles. The number of benzene rings is 1. The van der Waals surface area contributed by atoms with Gasteiger partial charge in [0.05, 0.1) is 11.3 Å². The lowest BCUT2D eigenvalue weighted by atomic mass is 10.0. The zero-order valence-electron chi connectivity index (χ0n) is 9.11. The van der Waals surface area contributed by atoms with Crippen molar-refractivity contribution < 1.29 is 9.90 Å². The number of hydrogen-bond acceptors (Lipinski definition) is 5. The molecule has 86 valence electrons. The van der Waals surface area contributed by atoms with Crippen LogP contribution in [0.4, 0.5) is 5.69 Å². The topological polar surface area (TPSA) is 99.7 Å². The first-order chi connectivity index (χ1) is 7.60. The molecular formula is C10H14N4O2. The van der Waals surface area contributed by atoms with Gasteiger partial charge >= 0.3 is 5.97 Å². The highest BCUT2D eigenvalue weighted by atomic mass is 16.4. The molecular weight excluding hydrogens is 208 g/mol. The third kappa shape index (κ3) is 2.48. The molecule has 0 unspecified atom stereocenters. The van der Waals surface area contributed by atoms with Gasteiger partial charge < -0.3 is 10.4 Å². The molecule has 5 N–H and O–H groups in total. The number of carboxylic acids is 1. The van der Waals surface area contributed by atoms with Crippen molar-refractivity contribution in [2.24, 2.45) is 10.9 Å². The summed E-state index contributed by atoms with van der Waals surface area (Å²) in [7, 11) is 1.75. The number of hydrazone groups is 1. The van der Waals surface area contributed by atoms with Crippen LogP contribution in [0.5, 0.6) is 0 Å². The van der Waals surface area contributed by atoms with E-state index in [1.54, 1.807) is 26.1 Å². The number of nitrogens with one attached hydrogen (secondary N) is 2. The van der Waals surface area contributed by atoms with Crippen molar-refractivity contribution in [1.82, 2.24) is 5.53 Å². The molecule has 0 heterocycles. The Kier molecular flexibility index (Phi) is 3.84. The minimum absolute atomic E-state index is 0.209. The maximum absolute atomic E-state index is 10.8. The summed E-state index contributed by atoms with van der Waals surface area (Å²) < 4.78 is 0. The van der Waals surface area contributed by atoms with Crippen molar-refractivity contribution in [3.8, 4) is 0 Å². The van der Waals surface area contributed by atoms with E-state index in [-0.39, 0.29) is 5.56 Å². The SMILES string of the molecule is CNc1ccc(C(=O)O)cc1/C(C)=N/NN. The van der Waals surface area contributed by atoms with Crippen LogP contribution in [0, 0.1) is 0 Å². The van der Waals surface area contributed by atoms with E-state index in [1.807, 2.05) is 0 Å². The molecule has 0 radical (unpaired) electrons. The Hall–Kier alpha value is -2.08. The average molecular weight is 222 g/mol. The van der Waals surface area contributed by atoms with Crippen molar-refractivity contribution in [2.75, 3.05) is 12.4 Å². The molecule has 0 aliphatic rings. The standard InChI is InChI=1S/C10H14N4O2/c1-6(13-14-11)8-5-7(10(15)16)3-4-9(8)12-2/h3-5,12,14H,11H2,1-2H3,(H,15,16)/b13-6+. The Morgan fingerprint density at radius 2 is 2.19 bits per heavy atom. The van der Waals surface area contributed by atoms with Crippen LogP contribution < -0.4 is 16.7 Å². The summed E-state index contributed by atoms with van der Waals surface area (Å²) in [6.07, 6.45) is 0. The summed E-state index contributed by atoms with van der Waals surface area (Å²) in [4.78, 5) is 10.8. The van der Waals surface area contributed by atoms with Crippen LogP contribution in [0.1, 0.15) is 22.8 Å². The first-order valence-electron chi connectivity index (χ1n) is 4.65. The number of rotatable bonds is 4. The van der Waals surface area contributed by atoms with Crippen LogP contribution in [0.25, 0.3) is 0 Å². The third-order valence-electron chi connectivity index (χ3n) is 2.16. The summed E-state index contributed by atoms with van der Waals surface area (Å²) in [6.45, 7) is 1.74. The fourth-order valence-electron chi connectivity index (χ4n) is 1.35. The van der Waals surface area contributed by atoms with E-state index in [9.17, 15) is 4.79 Å². The van der Waals surface area contributed by atoms with Crippen LogP contribution >= 0.6 is 0 Å². The van der Waals surface area contributed by atoms with Gasteiger partial charge in [0.2, 0.25) is 0 Å². The van der Waals surface area contributed by atoms with Gasteiger partial charge in [0.15, 0.2) is 0 Å². The predicted molar refractivity (Wildman–Crippen MR) is 62.5 cm³/mol. The van der Waals surface area contributed by atoms with Crippen LogP contribution in [0.15, 0.2) is 23.3 Å². The van der Waals surface area contributed by atoms with E-state index in [1.165, 1.54) is 6.07 Å². The first kappa shape index (κ1) is 12.0. The highest BCUT2D eigenvalue weighted by Crippen LogP contribution is 2.18. The lowest BCUT2D eigenvalue weighted by molar-refractivity contribution is 0.0697. The Morgan fingerprint density at radius 1 is 1.50 bits per heavy atom. The molecule has 0 amide bonds. The van der Waals surface area contributed by atoms with Gasteiger partial charge in [-0.3, -0.25) is 0 Å². The maximum atomic E-state index is 10.8. The van der Waals surface area contributed by atoms with Crippen LogP contribution in [-0.2, 0) is 0 Å². The predicted octanol–water partition coefficient (Wildman–Crippen LogP) is 0.614. The number of hydrazine groups is 1. The third-order valence-corrected chi connectivity index (χ3v) is 2.16. The average Bonchev–Trinajstić information content (AvgIpc) is 2.28. The number of aromatic carboxylic acids is 1. The van der Waals surface area contributed by atoms with Crippen molar-refractivity contribution >= 4 is 17.4 Å². The normalized spacial score (nSPS) is 11.1. The molecule has 1 aromatic carbocycles. The van der Waals surface area contributed by atoms with Gasteiger partial charge in [-0.2, -0.15) is 5.10 Å².